The van der Waals surface area contributed by atoms with Gasteiger partial charge in [0.2, 0.25) is 12.7 Å². The first-order valence-electron chi connectivity index (χ1n) is 9.97. The van der Waals surface area contributed by atoms with Crippen molar-refractivity contribution in [3.63, 3.8) is 0 Å². The van der Waals surface area contributed by atoms with E-state index in [4.69, 9.17) is 13.9 Å². The molecule has 0 radical (unpaired) electrons. The van der Waals surface area contributed by atoms with E-state index in [0.717, 1.165) is 11.3 Å². The number of benzene rings is 1. The van der Waals surface area contributed by atoms with E-state index in [-0.39, 0.29) is 30.6 Å². The van der Waals surface area contributed by atoms with Crippen LogP contribution in [0.25, 0.3) is 11.0 Å². The lowest BCUT2D eigenvalue weighted by Gasteiger charge is -2.11. The Morgan fingerprint density at radius 1 is 1.25 bits per heavy atom. The van der Waals surface area contributed by atoms with Crippen molar-refractivity contribution in [1.29, 1.82) is 0 Å². The Morgan fingerprint density at radius 3 is 2.97 bits per heavy atom. The van der Waals surface area contributed by atoms with Crippen molar-refractivity contribution in [2.45, 2.75) is 25.2 Å². The summed E-state index contributed by atoms with van der Waals surface area (Å²) in [5.74, 6) is 1.95. The Balaban J connectivity index is 1.30. The summed E-state index contributed by atoms with van der Waals surface area (Å²) in [5.41, 5.74) is 2.56. The molecular formula is C22H20N4O5S. The Hall–Kier alpha value is -3.66. The number of H-pyrrole nitrogens is 1. The monoisotopic (exact) mass is 452 g/mol. The van der Waals surface area contributed by atoms with Crippen LogP contribution in [0.1, 0.15) is 17.0 Å². The number of carbonyl (C=O) groups is 1. The number of hydrogen-bond donors (Lipinski definition) is 2. The molecule has 32 heavy (non-hydrogen) atoms. The molecule has 0 atom stereocenters. The Morgan fingerprint density at radius 2 is 2.12 bits per heavy atom. The highest BCUT2D eigenvalue weighted by molar-refractivity contribution is 7.99. The SMILES string of the molecule is Cc1cc2nc(SCC(=O)NCc3ccc4c(c3)OCO4)n(Cc3ccco3)c(=O)c2[nH]1. The van der Waals surface area contributed by atoms with Gasteiger partial charge in [-0.15, -0.1) is 0 Å². The second kappa shape index (κ2) is 8.46. The standard InChI is InChI=1S/C22H20N4O5S/c1-13-7-16-20(24-13)21(28)26(10-15-3-2-6-29-15)22(25-16)32-11-19(27)23-9-14-4-5-17-18(8-14)31-12-30-17/h2-8,24H,9-12H2,1H3,(H,23,27). The molecule has 4 aromatic rings. The first kappa shape index (κ1) is 20.3. The van der Waals surface area contributed by atoms with Gasteiger partial charge in [-0.25, -0.2) is 4.98 Å². The average Bonchev–Trinajstić information content (AvgIpc) is 3.53. The lowest BCUT2D eigenvalue weighted by atomic mass is 10.2. The molecule has 5 rings (SSSR count). The van der Waals surface area contributed by atoms with Crippen LogP contribution in [0.15, 0.2) is 57.0 Å². The van der Waals surface area contributed by atoms with Crippen LogP contribution in [-0.4, -0.2) is 33.0 Å². The Bertz CT molecular complexity index is 1340. The Labute approximate surface area is 186 Å². The number of hydrogen-bond acceptors (Lipinski definition) is 7. The summed E-state index contributed by atoms with van der Waals surface area (Å²) in [4.78, 5) is 33.2. The van der Waals surface area contributed by atoms with Gasteiger partial charge in [-0.2, -0.15) is 0 Å². The van der Waals surface area contributed by atoms with Crippen molar-refractivity contribution in [2.24, 2.45) is 0 Å². The molecule has 4 heterocycles. The van der Waals surface area contributed by atoms with Gasteiger partial charge < -0.3 is 24.2 Å². The first-order chi connectivity index (χ1) is 15.6. The molecule has 0 saturated carbocycles. The summed E-state index contributed by atoms with van der Waals surface area (Å²) in [7, 11) is 0. The van der Waals surface area contributed by atoms with E-state index in [1.54, 1.807) is 18.4 Å². The van der Waals surface area contributed by atoms with Gasteiger partial charge in [0, 0.05) is 12.2 Å². The molecule has 0 saturated heterocycles. The predicted molar refractivity (Wildman–Crippen MR) is 118 cm³/mol. The highest BCUT2D eigenvalue weighted by Crippen LogP contribution is 2.32. The van der Waals surface area contributed by atoms with Crippen molar-refractivity contribution >= 4 is 28.7 Å². The molecule has 0 unspecified atom stereocenters. The third-order valence-corrected chi connectivity index (χ3v) is 5.97. The van der Waals surface area contributed by atoms with E-state index in [9.17, 15) is 9.59 Å². The van der Waals surface area contributed by atoms with Crippen LogP contribution in [0.4, 0.5) is 0 Å². The van der Waals surface area contributed by atoms with E-state index in [1.807, 2.05) is 31.2 Å². The zero-order valence-electron chi connectivity index (χ0n) is 17.2. The van der Waals surface area contributed by atoms with Crippen molar-refractivity contribution < 1.29 is 18.7 Å². The molecule has 0 bridgehead atoms. The molecule has 1 aliphatic heterocycles. The van der Waals surface area contributed by atoms with Crippen molar-refractivity contribution in [1.82, 2.24) is 19.9 Å². The molecule has 9 nitrogen and oxygen atoms in total. The molecule has 0 fully saturated rings. The van der Waals surface area contributed by atoms with Crippen LogP contribution in [0, 0.1) is 6.92 Å². The summed E-state index contributed by atoms with van der Waals surface area (Å²) < 4.78 is 17.6. The van der Waals surface area contributed by atoms with Crippen LogP contribution in [0.5, 0.6) is 11.5 Å². The normalized spacial score (nSPS) is 12.4. The fraction of sp³-hybridized carbons (Fsp3) is 0.227. The van der Waals surface area contributed by atoms with Gasteiger partial charge in [0.15, 0.2) is 16.7 Å². The number of fused-ring (bicyclic) bond motifs is 2. The van der Waals surface area contributed by atoms with E-state index in [2.05, 4.69) is 15.3 Å². The smallest absolute Gasteiger partial charge is 0.278 e. The second-order valence-corrected chi connectivity index (χ2v) is 8.27. The van der Waals surface area contributed by atoms with Crippen molar-refractivity contribution in [3.05, 3.63) is 70.0 Å². The molecule has 1 aromatic carbocycles. The minimum atomic E-state index is -0.206. The zero-order chi connectivity index (χ0) is 22.1. The number of rotatable bonds is 7. The van der Waals surface area contributed by atoms with Gasteiger partial charge in [0.1, 0.15) is 11.3 Å². The number of ether oxygens (including phenoxy) is 2. The number of nitrogens with one attached hydrogen (secondary N) is 2. The summed E-state index contributed by atoms with van der Waals surface area (Å²) in [6.07, 6.45) is 1.56. The molecule has 0 aliphatic carbocycles. The van der Waals surface area contributed by atoms with Crippen LogP contribution < -0.4 is 20.3 Å². The van der Waals surface area contributed by atoms with Gasteiger partial charge in [-0.1, -0.05) is 17.8 Å². The topological polar surface area (TPSA) is 111 Å². The maximum absolute atomic E-state index is 13.1. The number of carbonyl (C=O) groups excluding carboxylic acids is 1. The summed E-state index contributed by atoms with van der Waals surface area (Å²) in [6, 6.07) is 10.9. The van der Waals surface area contributed by atoms with E-state index < -0.39 is 0 Å². The molecule has 10 heteroatoms. The van der Waals surface area contributed by atoms with E-state index >= 15 is 0 Å². The number of amides is 1. The van der Waals surface area contributed by atoms with Crippen molar-refractivity contribution in [2.75, 3.05) is 12.5 Å². The number of furan rings is 1. The fourth-order valence-corrected chi connectivity index (χ4v) is 4.28. The third-order valence-electron chi connectivity index (χ3n) is 4.99. The highest BCUT2D eigenvalue weighted by atomic mass is 32.2. The van der Waals surface area contributed by atoms with Gasteiger partial charge in [-0.05, 0) is 42.8 Å². The van der Waals surface area contributed by atoms with E-state index in [1.165, 1.54) is 16.3 Å². The van der Waals surface area contributed by atoms with Crippen LogP contribution in [0.2, 0.25) is 0 Å². The van der Waals surface area contributed by atoms with Gasteiger partial charge in [-0.3, -0.25) is 14.2 Å². The predicted octanol–water partition coefficient (Wildman–Crippen LogP) is 2.81. The Kier molecular flexibility index (Phi) is 5.36. The molecular weight excluding hydrogens is 432 g/mol. The number of thioether (sulfide) groups is 1. The zero-order valence-corrected chi connectivity index (χ0v) is 18.0. The maximum Gasteiger partial charge on any atom is 0.278 e. The number of aromatic amines is 1. The molecule has 2 N–H and O–H groups in total. The second-order valence-electron chi connectivity index (χ2n) is 7.33. The molecule has 1 amide bonds. The quantitative estimate of drug-likeness (QED) is 0.328. The lowest BCUT2D eigenvalue weighted by molar-refractivity contribution is -0.118. The first-order valence-corrected chi connectivity index (χ1v) is 11.0. The lowest BCUT2D eigenvalue weighted by Crippen LogP contribution is -2.27. The van der Waals surface area contributed by atoms with Gasteiger partial charge in [0.25, 0.3) is 5.56 Å². The molecule has 0 spiro atoms. The van der Waals surface area contributed by atoms with Crippen LogP contribution in [0.3, 0.4) is 0 Å². The minimum Gasteiger partial charge on any atom is -0.467 e. The molecule has 1 aliphatic rings. The van der Waals surface area contributed by atoms with Gasteiger partial charge >= 0.3 is 0 Å². The largest absolute Gasteiger partial charge is 0.467 e. The number of nitrogens with zero attached hydrogens (tertiary/aromatic N) is 2. The average molecular weight is 452 g/mol. The highest BCUT2D eigenvalue weighted by Gasteiger charge is 2.17. The summed E-state index contributed by atoms with van der Waals surface area (Å²) in [6.45, 7) is 2.67. The fourth-order valence-electron chi connectivity index (χ4n) is 3.45. The summed E-state index contributed by atoms with van der Waals surface area (Å²) >= 11 is 1.21. The van der Waals surface area contributed by atoms with Crippen LogP contribution in [-0.2, 0) is 17.9 Å². The van der Waals surface area contributed by atoms with E-state index in [0.29, 0.717) is 40.0 Å². The minimum absolute atomic E-state index is 0.115. The number of aryl methyl sites for hydroxylation is 1. The van der Waals surface area contributed by atoms with Gasteiger partial charge in [0.05, 0.1) is 24.1 Å². The molecule has 164 valence electrons. The van der Waals surface area contributed by atoms with Crippen molar-refractivity contribution in [3.8, 4) is 11.5 Å². The maximum atomic E-state index is 13.1. The van der Waals surface area contributed by atoms with Crippen LogP contribution >= 0.6 is 11.8 Å². The summed E-state index contributed by atoms with van der Waals surface area (Å²) in [5, 5.41) is 3.34. The number of aromatic nitrogens is 3. The third kappa shape index (κ3) is 4.09. The molecule has 3 aromatic heterocycles.